The summed E-state index contributed by atoms with van der Waals surface area (Å²) in [5, 5.41) is 0.0303. The van der Waals surface area contributed by atoms with Crippen LogP contribution in [0, 0.1) is 5.82 Å². The van der Waals surface area contributed by atoms with Crippen molar-refractivity contribution in [2.45, 2.75) is 30.3 Å². The summed E-state index contributed by atoms with van der Waals surface area (Å²) in [5.74, 6) is -0.622. The van der Waals surface area contributed by atoms with E-state index >= 15 is 0 Å². The Morgan fingerprint density at radius 2 is 2.00 bits per heavy atom. The Hall–Kier alpha value is -0.440. The molecule has 0 unspecified atom stereocenters. The third kappa shape index (κ3) is 5.27. The van der Waals surface area contributed by atoms with Crippen molar-refractivity contribution >= 4 is 34.0 Å². The average molecular weight is 387 g/mol. The molecule has 1 aliphatic heterocycles. The number of benzene rings is 1. The van der Waals surface area contributed by atoms with E-state index in [0.717, 1.165) is 18.6 Å². The summed E-state index contributed by atoms with van der Waals surface area (Å²) in [7, 11) is -3.78. The van der Waals surface area contributed by atoms with Gasteiger partial charge in [0.05, 0.1) is 11.1 Å². The van der Waals surface area contributed by atoms with Crippen LogP contribution in [0.15, 0.2) is 23.1 Å². The monoisotopic (exact) mass is 386 g/mol. The molecule has 0 amide bonds. The van der Waals surface area contributed by atoms with Crippen LogP contribution in [0.4, 0.5) is 4.39 Å². The molecule has 5 nitrogen and oxygen atoms in total. The number of piperidine rings is 1. The molecule has 0 aliphatic carbocycles. The fourth-order valence-electron chi connectivity index (χ4n) is 2.39. The lowest BCUT2D eigenvalue weighted by atomic mass is 10.1. The highest BCUT2D eigenvalue weighted by atomic mass is 35.5. The van der Waals surface area contributed by atoms with E-state index < -0.39 is 15.8 Å². The van der Waals surface area contributed by atoms with Crippen molar-refractivity contribution in [3.63, 3.8) is 0 Å². The van der Waals surface area contributed by atoms with Crippen LogP contribution >= 0.6 is 24.0 Å². The molecule has 0 spiro atoms. The largest absolute Gasteiger partial charge is 0.378 e. The molecule has 1 heterocycles. The molecule has 0 aromatic heterocycles. The Labute approximate surface area is 147 Å². The molecular weight excluding hydrogens is 366 g/mol. The first-order valence-corrected chi connectivity index (χ1v) is 9.04. The second-order valence-corrected chi connectivity index (χ2v) is 7.50. The van der Waals surface area contributed by atoms with Crippen LogP contribution in [0.1, 0.15) is 19.3 Å². The van der Waals surface area contributed by atoms with Gasteiger partial charge in [0.2, 0.25) is 10.0 Å². The van der Waals surface area contributed by atoms with Crippen molar-refractivity contribution in [1.29, 1.82) is 0 Å². The van der Waals surface area contributed by atoms with E-state index in [1.54, 1.807) is 0 Å². The summed E-state index contributed by atoms with van der Waals surface area (Å²) in [6.45, 7) is 1.83. The number of nitrogens with two attached hydrogens (primary N) is 1. The van der Waals surface area contributed by atoms with Gasteiger partial charge in [0.1, 0.15) is 10.7 Å². The maximum atomic E-state index is 13.3. The van der Waals surface area contributed by atoms with Gasteiger partial charge in [-0.1, -0.05) is 11.6 Å². The Kier molecular flexibility index (Phi) is 8.20. The molecule has 2 N–H and O–H groups in total. The summed E-state index contributed by atoms with van der Waals surface area (Å²) in [4.78, 5) is -0.184. The number of sulfonamides is 1. The van der Waals surface area contributed by atoms with E-state index in [1.807, 2.05) is 0 Å². The minimum Gasteiger partial charge on any atom is -0.378 e. The summed E-state index contributed by atoms with van der Waals surface area (Å²) in [6.07, 6.45) is 2.05. The molecule has 9 heteroatoms. The van der Waals surface area contributed by atoms with Crippen LogP contribution < -0.4 is 5.73 Å². The topological polar surface area (TPSA) is 72.6 Å². The number of rotatable bonds is 6. The van der Waals surface area contributed by atoms with Gasteiger partial charge in [-0.3, -0.25) is 0 Å². The lowest BCUT2D eigenvalue weighted by molar-refractivity contribution is 0.0209. The van der Waals surface area contributed by atoms with Crippen molar-refractivity contribution in [2.75, 3.05) is 26.2 Å². The fourth-order valence-corrected chi connectivity index (χ4v) is 4.34. The first-order valence-electron chi connectivity index (χ1n) is 7.22. The van der Waals surface area contributed by atoms with Crippen LogP contribution in [0.25, 0.3) is 0 Å². The fraction of sp³-hybridized carbons (Fsp3) is 0.571. The second-order valence-electron chi connectivity index (χ2n) is 5.19. The normalized spacial score (nSPS) is 17.0. The van der Waals surface area contributed by atoms with E-state index in [2.05, 4.69) is 0 Å². The van der Waals surface area contributed by atoms with E-state index in [4.69, 9.17) is 22.1 Å². The predicted molar refractivity (Wildman–Crippen MR) is 90.1 cm³/mol. The number of hydrogen-bond acceptors (Lipinski definition) is 4. The highest BCUT2D eigenvalue weighted by Gasteiger charge is 2.31. The van der Waals surface area contributed by atoms with Crippen LogP contribution in [0.2, 0.25) is 5.02 Å². The maximum Gasteiger partial charge on any atom is 0.244 e. The van der Waals surface area contributed by atoms with Gasteiger partial charge in [-0.2, -0.15) is 4.31 Å². The Bertz CT molecular complexity index is 608. The van der Waals surface area contributed by atoms with Gasteiger partial charge in [0.25, 0.3) is 0 Å². The summed E-state index contributed by atoms with van der Waals surface area (Å²) >= 11 is 5.90. The molecule has 1 saturated heterocycles. The van der Waals surface area contributed by atoms with Crippen molar-refractivity contribution in [2.24, 2.45) is 5.73 Å². The predicted octanol–water partition coefficient (Wildman–Crippen LogP) is 2.42. The Morgan fingerprint density at radius 3 is 2.61 bits per heavy atom. The zero-order valence-corrected chi connectivity index (χ0v) is 15.0. The molecule has 132 valence electrons. The third-order valence-corrected chi connectivity index (χ3v) is 5.99. The molecule has 0 radical (unpaired) electrons. The van der Waals surface area contributed by atoms with Crippen LogP contribution in [0.3, 0.4) is 0 Å². The maximum absolute atomic E-state index is 13.3. The number of nitrogens with zero attached hydrogens (tertiary/aromatic N) is 1. The number of halogens is 3. The standard InChI is InChI=1S/C14H20ClFN2O3S.ClH/c15-13-3-2-11(16)10-14(13)22(19,20)18-7-4-12(5-8-18)21-9-1-6-17;/h2-3,10,12H,1,4-9,17H2;1H. The zero-order chi connectivity index (χ0) is 16.2. The van der Waals surface area contributed by atoms with E-state index in [1.165, 1.54) is 10.4 Å². The Balaban J connectivity index is 0.00000264. The number of ether oxygens (including phenoxy) is 1. The van der Waals surface area contributed by atoms with Crippen molar-refractivity contribution in [1.82, 2.24) is 4.31 Å². The molecule has 1 aliphatic rings. The lowest BCUT2D eigenvalue weighted by Gasteiger charge is -2.31. The molecule has 1 fully saturated rings. The first-order chi connectivity index (χ1) is 10.4. The third-order valence-electron chi connectivity index (χ3n) is 3.61. The summed E-state index contributed by atoms with van der Waals surface area (Å²) < 4.78 is 45.4. The van der Waals surface area contributed by atoms with Crippen molar-refractivity contribution < 1.29 is 17.5 Å². The smallest absolute Gasteiger partial charge is 0.244 e. The van der Waals surface area contributed by atoms with Crippen LogP contribution in [-0.4, -0.2) is 45.1 Å². The lowest BCUT2D eigenvalue weighted by Crippen LogP contribution is -2.41. The molecule has 2 rings (SSSR count). The summed E-state index contributed by atoms with van der Waals surface area (Å²) in [6, 6.07) is 3.35. The van der Waals surface area contributed by atoms with Crippen LogP contribution in [-0.2, 0) is 14.8 Å². The van der Waals surface area contributed by atoms with Gasteiger partial charge in [-0.25, -0.2) is 12.8 Å². The second kappa shape index (κ2) is 9.15. The highest BCUT2D eigenvalue weighted by molar-refractivity contribution is 7.89. The molecule has 1 aromatic carbocycles. The Morgan fingerprint density at radius 1 is 1.35 bits per heavy atom. The summed E-state index contributed by atoms with van der Waals surface area (Å²) in [5.41, 5.74) is 5.40. The van der Waals surface area contributed by atoms with E-state index in [0.29, 0.717) is 39.1 Å². The van der Waals surface area contributed by atoms with E-state index in [9.17, 15) is 12.8 Å². The van der Waals surface area contributed by atoms with Crippen molar-refractivity contribution in [3.8, 4) is 0 Å². The average Bonchev–Trinajstić information content (AvgIpc) is 2.50. The van der Waals surface area contributed by atoms with Gasteiger partial charge in [-0.15, -0.1) is 12.4 Å². The molecular formula is C14H21Cl2FN2O3S. The highest BCUT2D eigenvalue weighted by Crippen LogP contribution is 2.28. The number of hydrogen-bond donors (Lipinski definition) is 1. The van der Waals surface area contributed by atoms with Gasteiger partial charge in [-0.05, 0) is 44.0 Å². The molecule has 1 aromatic rings. The SMILES string of the molecule is Cl.NCCCOC1CCN(S(=O)(=O)c2cc(F)ccc2Cl)CC1. The van der Waals surface area contributed by atoms with E-state index in [-0.39, 0.29) is 28.4 Å². The molecule has 0 atom stereocenters. The zero-order valence-electron chi connectivity index (χ0n) is 12.6. The minimum atomic E-state index is -3.78. The molecule has 0 bridgehead atoms. The minimum absolute atomic E-state index is 0. The molecule has 23 heavy (non-hydrogen) atoms. The van der Waals surface area contributed by atoms with Crippen molar-refractivity contribution in [3.05, 3.63) is 29.0 Å². The van der Waals surface area contributed by atoms with Gasteiger partial charge < -0.3 is 10.5 Å². The van der Waals surface area contributed by atoms with Gasteiger partial charge in [0.15, 0.2) is 0 Å². The van der Waals surface area contributed by atoms with Crippen LogP contribution in [0.5, 0.6) is 0 Å². The first kappa shape index (κ1) is 20.6. The molecule has 0 saturated carbocycles. The quantitative estimate of drug-likeness (QED) is 0.761. The van der Waals surface area contributed by atoms with Gasteiger partial charge in [0, 0.05) is 19.7 Å². The van der Waals surface area contributed by atoms with Gasteiger partial charge >= 0.3 is 0 Å².